The second kappa shape index (κ2) is 3.74. The Hall–Kier alpha value is -1.02. The first-order chi connectivity index (χ1) is 8.14. The van der Waals surface area contributed by atoms with E-state index in [1.54, 1.807) is 20.2 Å². The number of piperidine rings is 1. The van der Waals surface area contributed by atoms with E-state index >= 15 is 0 Å². The van der Waals surface area contributed by atoms with Crippen LogP contribution in [0.3, 0.4) is 0 Å². The van der Waals surface area contributed by atoms with E-state index in [2.05, 4.69) is 15.9 Å². The molecule has 2 atom stereocenters. The van der Waals surface area contributed by atoms with Crippen molar-refractivity contribution in [2.24, 2.45) is 0 Å². The van der Waals surface area contributed by atoms with Crippen molar-refractivity contribution < 1.29 is 14.3 Å². The van der Waals surface area contributed by atoms with Crippen molar-refractivity contribution in [2.45, 2.75) is 23.9 Å². The lowest BCUT2D eigenvalue weighted by molar-refractivity contribution is -0.933. The zero-order chi connectivity index (χ0) is 13.8. The molecule has 0 amide bonds. The molecule has 0 radical (unpaired) electrons. The van der Waals surface area contributed by atoms with Crippen LogP contribution >= 0.6 is 15.9 Å². The topological polar surface area (TPSA) is 86.3 Å². The van der Waals surface area contributed by atoms with Gasteiger partial charge in [0.15, 0.2) is 13.1 Å². The second-order valence-corrected chi connectivity index (χ2v) is 6.81. The summed E-state index contributed by atoms with van der Waals surface area (Å²) in [6, 6.07) is 0. The van der Waals surface area contributed by atoms with Gasteiger partial charge >= 0.3 is 5.54 Å². The van der Waals surface area contributed by atoms with Crippen LogP contribution in [0.15, 0.2) is 10.6 Å². The molecule has 0 aromatic heterocycles. The lowest BCUT2D eigenvalue weighted by Gasteiger charge is -2.47. The van der Waals surface area contributed by atoms with Crippen molar-refractivity contribution in [1.29, 1.82) is 0 Å². The van der Waals surface area contributed by atoms with Crippen LogP contribution < -0.4 is 0 Å². The van der Waals surface area contributed by atoms with Gasteiger partial charge in [0.1, 0.15) is 6.42 Å². The van der Waals surface area contributed by atoms with Gasteiger partial charge in [-0.1, -0.05) is 6.08 Å². The highest BCUT2D eigenvalue weighted by molar-refractivity contribution is 9.11. The molecule has 2 unspecified atom stereocenters. The molecule has 0 N–H and O–H groups in total. The monoisotopic (exact) mass is 320 g/mol. The predicted octanol–water partition coefficient (Wildman–Crippen LogP) is 1.18. The van der Waals surface area contributed by atoms with E-state index in [1.807, 2.05) is 0 Å². The van der Waals surface area contributed by atoms with Crippen LogP contribution in [0.25, 0.3) is 0 Å². The van der Waals surface area contributed by atoms with Crippen LogP contribution in [0.1, 0.15) is 12.8 Å². The number of likely N-dealkylation sites (tertiary alicyclic amines) is 1. The number of halogens is 1. The Morgan fingerprint density at radius 2 is 1.89 bits per heavy atom. The SMILES string of the molecule is C[N+]1(C)CC2([N+](=O)[O-])CC=C(Br)C([N+](=O)[O-])(C2)C1. The van der Waals surface area contributed by atoms with E-state index in [0.717, 1.165) is 0 Å². The van der Waals surface area contributed by atoms with Crippen molar-refractivity contribution >= 4 is 15.9 Å². The van der Waals surface area contributed by atoms with E-state index in [9.17, 15) is 20.2 Å². The molecule has 1 aliphatic heterocycles. The number of quaternary nitrogens is 1. The zero-order valence-corrected chi connectivity index (χ0v) is 11.8. The minimum Gasteiger partial charge on any atom is -0.316 e. The summed E-state index contributed by atoms with van der Waals surface area (Å²) in [7, 11) is 3.61. The van der Waals surface area contributed by atoms with Crippen molar-refractivity contribution in [1.82, 2.24) is 0 Å². The van der Waals surface area contributed by atoms with Crippen molar-refractivity contribution in [2.75, 3.05) is 27.2 Å². The Morgan fingerprint density at radius 1 is 1.28 bits per heavy atom. The number of hydrogen-bond donors (Lipinski definition) is 0. The third kappa shape index (κ3) is 1.74. The average Bonchev–Trinajstić information content (AvgIpc) is 2.21. The van der Waals surface area contributed by atoms with Crippen LogP contribution in [0.5, 0.6) is 0 Å². The predicted molar refractivity (Wildman–Crippen MR) is 67.5 cm³/mol. The van der Waals surface area contributed by atoms with Gasteiger partial charge in [-0.2, -0.15) is 0 Å². The normalized spacial score (nSPS) is 37.8. The first-order valence-corrected chi connectivity index (χ1v) is 6.40. The van der Waals surface area contributed by atoms with Crippen molar-refractivity contribution in [3.63, 3.8) is 0 Å². The summed E-state index contributed by atoms with van der Waals surface area (Å²) in [4.78, 5) is 22.1. The Morgan fingerprint density at radius 3 is 2.39 bits per heavy atom. The molecular formula is C10H15BrN3O4+. The number of nitro groups is 2. The summed E-state index contributed by atoms with van der Waals surface area (Å²) >= 11 is 3.25. The highest BCUT2D eigenvalue weighted by Gasteiger charge is 2.69. The van der Waals surface area contributed by atoms with E-state index in [0.29, 0.717) is 11.0 Å². The van der Waals surface area contributed by atoms with E-state index < -0.39 is 11.1 Å². The lowest BCUT2D eigenvalue weighted by atomic mass is 9.71. The first-order valence-electron chi connectivity index (χ1n) is 5.61. The van der Waals surface area contributed by atoms with Gasteiger partial charge in [-0.25, -0.2) is 0 Å². The zero-order valence-electron chi connectivity index (χ0n) is 10.3. The summed E-state index contributed by atoms with van der Waals surface area (Å²) in [5, 5.41) is 22.8. The quantitative estimate of drug-likeness (QED) is 0.434. The maximum atomic E-state index is 11.5. The lowest BCUT2D eigenvalue weighted by Crippen LogP contribution is -2.71. The largest absolute Gasteiger partial charge is 0.316 e. The molecule has 0 spiro atoms. The van der Waals surface area contributed by atoms with Gasteiger partial charge < -0.3 is 4.48 Å². The maximum absolute atomic E-state index is 11.5. The number of nitrogens with zero attached hydrogens (tertiary/aromatic N) is 3. The minimum atomic E-state index is -1.35. The summed E-state index contributed by atoms with van der Waals surface area (Å²) in [5.74, 6) is 0. The van der Waals surface area contributed by atoms with Gasteiger partial charge in [0, 0.05) is 16.3 Å². The summed E-state index contributed by atoms with van der Waals surface area (Å²) in [6.07, 6.45) is 1.82. The Labute approximate surface area is 112 Å². The second-order valence-electron chi connectivity index (χ2n) is 5.96. The maximum Gasteiger partial charge on any atom is 0.307 e. The summed E-state index contributed by atoms with van der Waals surface area (Å²) in [6.45, 7) is 0.596. The smallest absolute Gasteiger partial charge is 0.307 e. The molecular weight excluding hydrogens is 306 g/mol. The fourth-order valence-electron chi connectivity index (χ4n) is 3.39. The molecule has 0 saturated carbocycles. The minimum absolute atomic E-state index is 0.0290. The molecule has 2 aliphatic rings. The molecule has 7 nitrogen and oxygen atoms in total. The molecule has 1 fully saturated rings. The van der Waals surface area contributed by atoms with E-state index in [4.69, 9.17) is 0 Å². The molecule has 100 valence electrons. The van der Waals surface area contributed by atoms with Gasteiger partial charge in [-0.05, 0) is 15.9 Å². The fourth-order valence-corrected chi connectivity index (χ4v) is 3.96. The molecule has 1 aliphatic carbocycles. The number of likely N-dealkylation sites (N-methyl/N-ethyl adjacent to an activating group) is 1. The van der Waals surface area contributed by atoms with Crippen molar-refractivity contribution in [3.05, 3.63) is 30.8 Å². The van der Waals surface area contributed by atoms with Gasteiger partial charge in [-0.3, -0.25) is 20.2 Å². The third-order valence-corrected chi connectivity index (χ3v) is 4.94. The number of rotatable bonds is 2. The standard InChI is InChI=1S/C10H15BrN3O4/c1-14(2)6-9(12(15)16)4-3-8(11)10(5-9,7-14)13(17)18/h3H,4-7H2,1-2H3/q+1. The average molecular weight is 321 g/mol. The highest BCUT2D eigenvalue weighted by atomic mass is 79.9. The highest BCUT2D eigenvalue weighted by Crippen LogP contribution is 2.47. The first kappa shape index (κ1) is 13.4. The number of fused-ring (bicyclic) bond motifs is 2. The van der Waals surface area contributed by atoms with Crippen LogP contribution in [0.2, 0.25) is 0 Å². The van der Waals surface area contributed by atoms with Gasteiger partial charge in [0.05, 0.1) is 18.6 Å². The van der Waals surface area contributed by atoms with Crippen LogP contribution in [-0.2, 0) is 0 Å². The van der Waals surface area contributed by atoms with Gasteiger partial charge in [0.25, 0.3) is 5.54 Å². The van der Waals surface area contributed by atoms with E-state index in [-0.39, 0.29) is 33.7 Å². The van der Waals surface area contributed by atoms with Crippen LogP contribution in [0, 0.1) is 20.2 Å². The molecule has 8 heteroatoms. The van der Waals surface area contributed by atoms with Gasteiger partial charge in [-0.15, -0.1) is 0 Å². The molecule has 1 saturated heterocycles. The Balaban J connectivity index is 2.59. The van der Waals surface area contributed by atoms with Crippen LogP contribution in [0.4, 0.5) is 0 Å². The molecule has 0 aromatic rings. The van der Waals surface area contributed by atoms with Crippen molar-refractivity contribution in [3.8, 4) is 0 Å². The Kier molecular flexibility index (Phi) is 2.78. The molecule has 2 bridgehead atoms. The third-order valence-electron chi connectivity index (χ3n) is 3.88. The molecule has 2 rings (SSSR count). The van der Waals surface area contributed by atoms with E-state index in [1.165, 1.54) is 0 Å². The number of hydrogen-bond acceptors (Lipinski definition) is 4. The van der Waals surface area contributed by atoms with Crippen LogP contribution in [-0.4, -0.2) is 52.6 Å². The molecule has 18 heavy (non-hydrogen) atoms. The molecule has 0 aromatic carbocycles. The van der Waals surface area contributed by atoms with Gasteiger partial charge in [0.2, 0.25) is 0 Å². The Bertz CT molecular complexity index is 464. The summed E-state index contributed by atoms with van der Waals surface area (Å²) in [5.41, 5.74) is -2.57. The molecule has 1 heterocycles. The fraction of sp³-hybridized carbons (Fsp3) is 0.800. The summed E-state index contributed by atoms with van der Waals surface area (Å²) < 4.78 is 0.758.